The second kappa shape index (κ2) is 5.26. The summed E-state index contributed by atoms with van der Waals surface area (Å²) in [5, 5.41) is 1.16. The second-order valence-corrected chi connectivity index (χ2v) is 8.05. The molecule has 1 aromatic heterocycles. The van der Waals surface area contributed by atoms with Gasteiger partial charge in [-0.05, 0) is 44.0 Å². The molecule has 0 atom stereocenters. The average Bonchev–Trinajstić information content (AvgIpc) is 2.58. The molecule has 1 aliphatic heterocycles. The number of fused-ring (bicyclic) bond motifs is 2. The molecule has 3 aromatic rings. The number of hydrogen-bond acceptors (Lipinski definition) is 2. The fraction of sp³-hybridized carbons (Fsp3) is 0.304. The lowest BCUT2D eigenvalue weighted by atomic mass is 9.64. The maximum absolute atomic E-state index is 5.22. The predicted octanol–water partition coefficient (Wildman–Crippen LogP) is 5.45. The normalized spacial score (nSPS) is 17.9. The highest BCUT2D eigenvalue weighted by Gasteiger charge is 2.44. The molecule has 0 amide bonds. The Morgan fingerprint density at radius 1 is 0.880 bits per heavy atom. The van der Waals surface area contributed by atoms with E-state index in [0.29, 0.717) is 0 Å². The number of aryl methyl sites for hydroxylation is 1. The minimum Gasteiger partial charge on any atom is -0.277 e. The molecule has 1 aliphatic rings. The lowest BCUT2D eigenvalue weighted by molar-refractivity contribution is 0.302. The number of pyridine rings is 1. The van der Waals surface area contributed by atoms with Crippen molar-refractivity contribution in [2.24, 2.45) is 4.99 Å². The van der Waals surface area contributed by atoms with E-state index in [-0.39, 0.29) is 11.0 Å². The largest absolute Gasteiger partial charge is 0.277 e. The molecule has 25 heavy (non-hydrogen) atoms. The molecule has 0 spiro atoms. The first kappa shape index (κ1) is 16.0. The number of rotatable bonds is 1. The van der Waals surface area contributed by atoms with Crippen molar-refractivity contribution >= 4 is 16.6 Å². The van der Waals surface area contributed by atoms with Gasteiger partial charge in [-0.15, -0.1) is 0 Å². The molecule has 2 heteroatoms. The van der Waals surface area contributed by atoms with E-state index in [1.807, 2.05) is 12.3 Å². The third kappa shape index (κ3) is 2.31. The Morgan fingerprint density at radius 2 is 1.68 bits per heavy atom. The first-order valence-corrected chi connectivity index (χ1v) is 8.87. The summed E-state index contributed by atoms with van der Waals surface area (Å²) in [4.78, 5) is 9.74. The van der Waals surface area contributed by atoms with E-state index in [9.17, 15) is 0 Å². The van der Waals surface area contributed by atoms with Gasteiger partial charge in [-0.2, -0.15) is 0 Å². The molecule has 0 N–H and O–H groups in total. The van der Waals surface area contributed by atoms with Crippen molar-refractivity contribution in [3.8, 4) is 0 Å². The summed E-state index contributed by atoms with van der Waals surface area (Å²) < 4.78 is 0. The van der Waals surface area contributed by atoms with Gasteiger partial charge in [0.1, 0.15) is 0 Å². The van der Waals surface area contributed by atoms with E-state index in [1.165, 1.54) is 16.7 Å². The zero-order chi connectivity index (χ0) is 17.8. The van der Waals surface area contributed by atoms with Gasteiger partial charge in [-0.1, -0.05) is 50.2 Å². The highest BCUT2D eigenvalue weighted by molar-refractivity contribution is 6.16. The van der Waals surface area contributed by atoms with Gasteiger partial charge in [0.05, 0.1) is 16.8 Å². The number of aromatic nitrogens is 1. The Hall–Kier alpha value is -2.48. The zero-order valence-electron chi connectivity index (χ0n) is 15.6. The first-order valence-electron chi connectivity index (χ1n) is 8.87. The van der Waals surface area contributed by atoms with Gasteiger partial charge in [0, 0.05) is 28.1 Å². The van der Waals surface area contributed by atoms with Crippen LogP contribution in [0.4, 0.5) is 0 Å². The SMILES string of the molecule is Cc1cccc2c1C(C)(C)C(C)(C)N=C2c1ccc2cccnc2c1. The van der Waals surface area contributed by atoms with Crippen LogP contribution >= 0.6 is 0 Å². The molecule has 0 radical (unpaired) electrons. The smallest absolute Gasteiger partial charge is 0.0729 e. The monoisotopic (exact) mass is 328 g/mol. The Morgan fingerprint density at radius 3 is 2.48 bits per heavy atom. The summed E-state index contributed by atoms with van der Waals surface area (Å²) in [5.74, 6) is 0. The topological polar surface area (TPSA) is 25.2 Å². The van der Waals surface area contributed by atoms with Crippen LogP contribution in [0.15, 0.2) is 59.7 Å². The van der Waals surface area contributed by atoms with Gasteiger partial charge in [0.15, 0.2) is 0 Å². The Labute approximate surface area is 149 Å². The highest BCUT2D eigenvalue weighted by atomic mass is 14.9. The van der Waals surface area contributed by atoms with Gasteiger partial charge in [-0.25, -0.2) is 0 Å². The summed E-state index contributed by atoms with van der Waals surface area (Å²) in [6.07, 6.45) is 1.85. The van der Waals surface area contributed by atoms with Crippen molar-refractivity contribution in [2.45, 2.75) is 45.6 Å². The minimum atomic E-state index is -0.180. The van der Waals surface area contributed by atoms with Crippen LogP contribution < -0.4 is 0 Å². The highest BCUT2D eigenvalue weighted by Crippen LogP contribution is 2.45. The Balaban J connectivity index is 2.00. The fourth-order valence-electron chi connectivity index (χ4n) is 3.91. The van der Waals surface area contributed by atoms with Gasteiger partial charge in [0.2, 0.25) is 0 Å². The molecule has 0 fully saturated rings. The Bertz CT molecular complexity index is 1010. The van der Waals surface area contributed by atoms with Crippen LogP contribution in [0.2, 0.25) is 0 Å². The quantitative estimate of drug-likeness (QED) is 0.583. The third-order valence-corrected chi connectivity index (χ3v) is 5.95. The van der Waals surface area contributed by atoms with Crippen molar-refractivity contribution in [1.29, 1.82) is 0 Å². The average molecular weight is 328 g/mol. The van der Waals surface area contributed by atoms with Crippen molar-refractivity contribution < 1.29 is 0 Å². The van der Waals surface area contributed by atoms with E-state index in [1.54, 1.807) is 0 Å². The first-order chi connectivity index (χ1) is 11.8. The molecule has 2 heterocycles. The lowest BCUT2D eigenvalue weighted by Crippen LogP contribution is -2.46. The number of benzene rings is 2. The van der Waals surface area contributed by atoms with Crippen LogP contribution in [0.5, 0.6) is 0 Å². The maximum atomic E-state index is 5.22. The van der Waals surface area contributed by atoms with Gasteiger partial charge in [-0.3, -0.25) is 9.98 Å². The molecular formula is C23H24N2. The standard InChI is InChI=1S/C23H24N2/c1-15-8-6-10-18-20(15)22(2,3)23(4,5)25-21(18)17-12-11-16-9-7-13-24-19(16)14-17/h6-14H,1-5H3. The second-order valence-electron chi connectivity index (χ2n) is 8.05. The zero-order valence-corrected chi connectivity index (χ0v) is 15.6. The molecule has 4 rings (SSSR count). The van der Waals surface area contributed by atoms with Crippen molar-refractivity contribution in [3.63, 3.8) is 0 Å². The van der Waals surface area contributed by atoms with E-state index in [2.05, 4.69) is 82.1 Å². The van der Waals surface area contributed by atoms with Crippen LogP contribution in [0.3, 0.4) is 0 Å². The van der Waals surface area contributed by atoms with Gasteiger partial charge in [0.25, 0.3) is 0 Å². The van der Waals surface area contributed by atoms with Crippen molar-refractivity contribution in [2.75, 3.05) is 0 Å². The third-order valence-electron chi connectivity index (χ3n) is 5.95. The molecule has 126 valence electrons. The van der Waals surface area contributed by atoms with Gasteiger partial charge >= 0.3 is 0 Å². The number of nitrogens with zero attached hydrogens (tertiary/aromatic N) is 2. The van der Waals surface area contributed by atoms with Gasteiger partial charge < -0.3 is 0 Å². The summed E-state index contributed by atoms with van der Waals surface area (Å²) in [5.41, 5.74) is 7.02. The van der Waals surface area contributed by atoms with E-state index in [4.69, 9.17) is 4.99 Å². The van der Waals surface area contributed by atoms with E-state index < -0.39 is 0 Å². The van der Waals surface area contributed by atoms with Crippen molar-refractivity contribution in [1.82, 2.24) is 4.98 Å². The maximum Gasteiger partial charge on any atom is 0.0729 e. The summed E-state index contributed by atoms with van der Waals surface area (Å²) in [7, 11) is 0. The van der Waals surface area contributed by atoms with E-state index >= 15 is 0 Å². The van der Waals surface area contributed by atoms with Crippen molar-refractivity contribution in [3.05, 3.63) is 77.0 Å². The molecular weight excluding hydrogens is 304 g/mol. The Kier molecular flexibility index (Phi) is 3.37. The molecule has 2 aromatic carbocycles. The molecule has 2 nitrogen and oxygen atoms in total. The molecule has 0 saturated heterocycles. The van der Waals surface area contributed by atoms with Crippen LogP contribution in [0, 0.1) is 6.92 Å². The molecule has 0 bridgehead atoms. The fourth-order valence-corrected chi connectivity index (χ4v) is 3.91. The summed E-state index contributed by atoms with van der Waals surface area (Å²) in [6, 6.07) is 17.1. The number of aliphatic imine (C=N–C) groups is 1. The number of hydrogen-bond donors (Lipinski definition) is 0. The summed E-state index contributed by atoms with van der Waals surface area (Å²) in [6.45, 7) is 11.3. The van der Waals surface area contributed by atoms with Crippen LogP contribution in [0.25, 0.3) is 10.9 Å². The lowest BCUT2D eigenvalue weighted by Gasteiger charge is -2.45. The molecule has 0 unspecified atom stereocenters. The van der Waals surface area contributed by atoms with Crippen LogP contribution in [-0.4, -0.2) is 16.2 Å². The summed E-state index contributed by atoms with van der Waals surface area (Å²) >= 11 is 0. The molecule has 0 aliphatic carbocycles. The molecule has 0 saturated carbocycles. The van der Waals surface area contributed by atoms with Crippen LogP contribution in [0.1, 0.15) is 49.9 Å². The predicted molar refractivity (Wildman–Crippen MR) is 106 cm³/mol. The van der Waals surface area contributed by atoms with E-state index in [0.717, 1.165) is 22.2 Å². The van der Waals surface area contributed by atoms with Crippen LogP contribution in [-0.2, 0) is 5.41 Å². The minimum absolute atomic E-state index is 0.0216.